The lowest BCUT2D eigenvalue weighted by atomic mass is 10.5. The second-order valence-electron chi connectivity index (χ2n) is 2.11. The first-order valence-corrected chi connectivity index (χ1v) is 3.17. The quantitative estimate of drug-likeness (QED) is 0.483. The van der Waals surface area contributed by atoms with Gasteiger partial charge in [-0.15, -0.1) is 0 Å². The highest BCUT2D eigenvalue weighted by atomic mass is 15.0. The second kappa shape index (κ2) is 2.06. The Bertz CT molecular complexity index is 278. The molecule has 0 spiro atoms. The van der Waals surface area contributed by atoms with Crippen LogP contribution in [0.4, 0.5) is 0 Å². The molecule has 2 heteroatoms. The van der Waals surface area contributed by atoms with Crippen LogP contribution >= 0.6 is 0 Å². The van der Waals surface area contributed by atoms with E-state index in [9.17, 15) is 0 Å². The summed E-state index contributed by atoms with van der Waals surface area (Å²) in [6.07, 6.45) is 7.58. The van der Waals surface area contributed by atoms with Crippen LogP contribution in [0.2, 0.25) is 0 Å². The number of aromatic nitrogens is 2. The highest BCUT2D eigenvalue weighted by Crippen LogP contribution is 1.94. The molecule has 0 atom stereocenters. The Morgan fingerprint density at radius 2 is 2.10 bits per heavy atom. The molecule has 2 heterocycles. The summed E-state index contributed by atoms with van der Waals surface area (Å²) in [4.78, 5) is 4.03. The largest absolute Gasteiger partial charge is 0.258 e. The molecular formula is C8H7N2+. The van der Waals surface area contributed by atoms with E-state index in [1.54, 1.807) is 6.20 Å². The highest BCUT2D eigenvalue weighted by Gasteiger charge is 2.04. The third kappa shape index (κ3) is 0.739. The van der Waals surface area contributed by atoms with Crippen LogP contribution in [0.1, 0.15) is 0 Å². The molecule has 0 radical (unpaired) electrons. The lowest BCUT2D eigenvalue weighted by molar-refractivity contribution is -0.591. The molecule has 0 aromatic carbocycles. The maximum Gasteiger partial charge on any atom is 0.229 e. The molecule has 2 nitrogen and oxygen atoms in total. The molecule has 0 saturated carbocycles. The number of nitrogens with zero attached hydrogens (tertiary/aromatic N) is 2. The van der Waals surface area contributed by atoms with Gasteiger partial charge in [0, 0.05) is 24.4 Å². The normalized spacial score (nSPS) is 10.0. The van der Waals surface area contributed by atoms with Crippen molar-refractivity contribution in [3.05, 3.63) is 43.0 Å². The van der Waals surface area contributed by atoms with Gasteiger partial charge in [0.25, 0.3) is 0 Å². The average Bonchev–Trinajstić information content (AvgIpc) is 2.28. The third-order valence-corrected chi connectivity index (χ3v) is 1.44. The zero-order valence-electron chi connectivity index (χ0n) is 5.44. The summed E-state index contributed by atoms with van der Waals surface area (Å²) >= 11 is 0. The van der Waals surface area contributed by atoms with E-state index in [1.165, 1.54) is 0 Å². The van der Waals surface area contributed by atoms with E-state index in [1.807, 2.05) is 41.4 Å². The van der Waals surface area contributed by atoms with Gasteiger partial charge in [-0.05, 0) is 0 Å². The molecular weight excluding hydrogens is 124 g/mol. The van der Waals surface area contributed by atoms with Gasteiger partial charge in [0.05, 0.1) is 6.20 Å². The van der Waals surface area contributed by atoms with Crippen LogP contribution in [0.25, 0.3) is 5.69 Å². The maximum atomic E-state index is 4.03. The fraction of sp³-hybridized carbons (Fsp3) is 0. The van der Waals surface area contributed by atoms with Crippen molar-refractivity contribution < 1.29 is 4.57 Å². The summed E-state index contributed by atoms with van der Waals surface area (Å²) < 4.78 is 2.02. The second-order valence-corrected chi connectivity index (χ2v) is 2.11. The van der Waals surface area contributed by atoms with Crippen molar-refractivity contribution in [3.63, 3.8) is 0 Å². The molecule has 0 bridgehead atoms. The molecule has 0 aromatic rings. The molecule has 0 fully saturated rings. The van der Waals surface area contributed by atoms with E-state index in [4.69, 9.17) is 0 Å². The van der Waals surface area contributed by atoms with Crippen molar-refractivity contribution in [1.82, 2.24) is 4.98 Å². The van der Waals surface area contributed by atoms with Crippen LogP contribution < -0.4 is 4.57 Å². The van der Waals surface area contributed by atoms with Crippen molar-refractivity contribution in [2.45, 2.75) is 0 Å². The highest BCUT2D eigenvalue weighted by molar-refractivity contribution is 5.16. The lowest BCUT2D eigenvalue weighted by Gasteiger charge is -1.78. The lowest BCUT2D eigenvalue weighted by Crippen LogP contribution is -2.24. The van der Waals surface area contributed by atoms with Crippen LogP contribution in [0.5, 0.6) is 0 Å². The van der Waals surface area contributed by atoms with Crippen LogP contribution in [0, 0.1) is 0 Å². The van der Waals surface area contributed by atoms with Crippen molar-refractivity contribution in [2.24, 2.45) is 0 Å². The molecule has 2 rings (SSSR count). The Morgan fingerprint density at radius 1 is 1.20 bits per heavy atom. The predicted molar refractivity (Wildman–Crippen MR) is 37.0 cm³/mol. The Morgan fingerprint density at radius 3 is 3.10 bits per heavy atom. The number of hydrogen-bond donors (Lipinski definition) is 0. The summed E-state index contributed by atoms with van der Waals surface area (Å²) in [6.45, 7) is 0. The van der Waals surface area contributed by atoms with Crippen molar-refractivity contribution in [1.29, 1.82) is 0 Å². The Labute approximate surface area is 59.1 Å². The van der Waals surface area contributed by atoms with Gasteiger partial charge in [-0.25, -0.2) is 0 Å². The Kier molecular flexibility index (Phi) is 1.10. The Balaban J connectivity index is 2.74. The fourth-order valence-corrected chi connectivity index (χ4v) is 0.952. The van der Waals surface area contributed by atoms with Gasteiger partial charge in [-0.3, -0.25) is 4.98 Å². The van der Waals surface area contributed by atoms with E-state index in [0.29, 0.717) is 0 Å². The van der Waals surface area contributed by atoms with Crippen LogP contribution in [-0.2, 0) is 0 Å². The minimum atomic E-state index is 1.12. The van der Waals surface area contributed by atoms with E-state index < -0.39 is 0 Å². The molecule has 2 aliphatic rings. The summed E-state index contributed by atoms with van der Waals surface area (Å²) in [7, 11) is 0. The zero-order valence-corrected chi connectivity index (χ0v) is 5.44. The third-order valence-electron chi connectivity index (χ3n) is 1.44. The number of fused-ring (bicyclic) bond motifs is 1. The summed E-state index contributed by atoms with van der Waals surface area (Å²) in [6, 6.07) is 5.93. The first-order chi connectivity index (χ1) is 4.97. The topological polar surface area (TPSA) is 16.8 Å². The standard InChI is InChI=1S/C8H7N2/c1-3-8-7-9-4-2-6-10(8)5-1/h1-7H/q+1. The molecule has 0 saturated heterocycles. The molecule has 0 aliphatic carbocycles. The summed E-state index contributed by atoms with van der Waals surface area (Å²) in [5.41, 5.74) is 1.12. The average molecular weight is 131 g/mol. The molecule has 0 unspecified atom stereocenters. The Hall–Kier alpha value is -1.44. The molecule has 48 valence electrons. The van der Waals surface area contributed by atoms with Crippen LogP contribution in [0.3, 0.4) is 0 Å². The van der Waals surface area contributed by atoms with Crippen molar-refractivity contribution in [2.75, 3.05) is 0 Å². The van der Waals surface area contributed by atoms with Gasteiger partial charge in [-0.1, -0.05) is 0 Å². The van der Waals surface area contributed by atoms with Gasteiger partial charge in [0.15, 0.2) is 12.4 Å². The minimum Gasteiger partial charge on any atom is -0.258 e. The van der Waals surface area contributed by atoms with Crippen molar-refractivity contribution >= 4 is 0 Å². The van der Waals surface area contributed by atoms with Gasteiger partial charge in [0.2, 0.25) is 5.69 Å². The fourth-order valence-electron chi connectivity index (χ4n) is 0.952. The summed E-state index contributed by atoms with van der Waals surface area (Å²) in [5, 5.41) is 0. The van der Waals surface area contributed by atoms with Gasteiger partial charge >= 0.3 is 0 Å². The molecule has 2 aliphatic heterocycles. The van der Waals surface area contributed by atoms with E-state index >= 15 is 0 Å². The van der Waals surface area contributed by atoms with Crippen LogP contribution in [-0.4, -0.2) is 4.98 Å². The van der Waals surface area contributed by atoms with E-state index in [2.05, 4.69) is 4.98 Å². The predicted octanol–water partition coefficient (Wildman–Crippen LogP) is 0.796. The van der Waals surface area contributed by atoms with Gasteiger partial charge in [-0.2, -0.15) is 4.57 Å². The molecule has 0 amide bonds. The van der Waals surface area contributed by atoms with Gasteiger partial charge in [0.1, 0.15) is 0 Å². The van der Waals surface area contributed by atoms with E-state index in [0.717, 1.165) is 5.69 Å². The summed E-state index contributed by atoms with van der Waals surface area (Å²) in [5.74, 6) is 0. The number of hydrogen-bond acceptors (Lipinski definition) is 1. The maximum absolute atomic E-state index is 4.03. The monoisotopic (exact) mass is 131 g/mol. The molecule has 0 aromatic heterocycles. The number of rotatable bonds is 0. The minimum absolute atomic E-state index is 1.12. The SMILES string of the molecule is c1cncc2ccc[n+]-2c1. The van der Waals surface area contributed by atoms with Gasteiger partial charge < -0.3 is 0 Å². The molecule has 0 N–H and O–H groups in total. The zero-order chi connectivity index (χ0) is 6.81. The van der Waals surface area contributed by atoms with Crippen molar-refractivity contribution in [3.8, 4) is 5.69 Å². The van der Waals surface area contributed by atoms with E-state index in [-0.39, 0.29) is 0 Å². The first kappa shape index (κ1) is 5.35. The smallest absolute Gasteiger partial charge is 0.229 e. The molecule has 10 heavy (non-hydrogen) atoms. The first-order valence-electron chi connectivity index (χ1n) is 3.17. The van der Waals surface area contributed by atoms with Crippen LogP contribution in [0.15, 0.2) is 43.0 Å².